The molecule has 1 atom stereocenters. The van der Waals surface area contributed by atoms with E-state index in [1.807, 2.05) is 0 Å². The first-order chi connectivity index (χ1) is 8.13. The number of carbonyl (C=O) groups is 2. The summed E-state index contributed by atoms with van der Waals surface area (Å²) in [4.78, 5) is 28.5. The number of aromatic nitrogens is 2. The predicted molar refractivity (Wildman–Crippen MR) is 57.3 cm³/mol. The number of hydrogen-bond acceptors (Lipinski definition) is 4. The van der Waals surface area contributed by atoms with Gasteiger partial charge in [-0.3, -0.25) is 0 Å². The second-order valence-electron chi connectivity index (χ2n) is 3.20. The maximum atomic E-state index is 11.3. The van der Waals surface area contributed by atoms with Gasteiger partial charge in [0.15, 0.2) is 6.10 Å². The average molecular weight is 242 g/mol. The molecule has 0 aromatic carbocycles. The van der Waals surface area contributed by atoms with Crippen LogP contribution in [0.1, 0.15) is 5.69 Å². The summed E-state index contributed by atoms with van der Waals surface area (Å²) >= 11 is 0. The van der Waals surface area contributed by atoms with E-state index in [4.69, 9.17) is 5.11 Å². The predicted octanol–water partition coefficient (Wildman–Crippen LogP) is -0.691. The van der Waals surface area contributed by atoms with E-state index >= 15 is 0 Å². The molecule has 94 valence electrons. The topological polar surface area (TPSA) is 116 Å². The molecule has 8 heteroatoms. The maximum absolute atomic E-state index is 11.3. The summed E-state index contributed by atoms with van der Waals surface area (Å²) < 4.78 is 4.65. The number of aliphatic carboxylic acids is 1. The highest BCUT2D eigenvalue weighted by Crippen LogP contribution is 1.90. The highest BCUT2D eigenvalue weighted by molar-refractivity contribution is 5.76. The van der Waals surface area contributed by atoms with E-state index in [0.717, 1.165) is 5.69 Å². The number of methoxy groups -OCH3 is 1. The van der Waals surface area contributed by atoms with Crippen molar-refractivity contribution in [2.75, 3.05) is 13.7 Å². The van der Waals surface area contributed by atoms with Crippen molar-refractivity contribution in [2.45, 2.75) is 12.6 Å². The van der Waals surface area contributed by atoms with E-state index in [-0.39, 0.29) is 13.1 Å². The van der Waals surface area contributed by atoms with Crippen molar-refractivity contribution < 1.29 is 19.4 Å². The molecule has 1 aromatic rings. The smallest absolute Gasteiger partial charge is 0.334 e. The van der Waals surface area contributed by atoms with Crippen LogP contribution in [0.2, 0.25) is 0 Å². The molecule has 8 nitrogen and oxygen atoms in total. The van der Waals surface area contributed by atoms with Gasteiger partial charge in [-0.1, -0.05) is 0 Å². The molecule has 2 amide bonds. The fourth-order valence-electron chi connectivity index (χ4n) is 1.08. The standard InChI is InChI=1S/C9H14N4O4/c1-17-7(8(14)15)4-12-9(16)11-3-6-2-10-5-13-6/h2,5,7H,3-4H2,1H3,(H,10,13)(H,14,15)(H2,11,12,16). The van der Waals surface area contributed by atoms with E-state index in [0.29, 0.717) is 0 Å². The Morgan fingerprint density at radius 2 is 2.35 bits per heavy atom. The monoisotopic (exact) mass is 242 g/mol. The van der Waals surface area contributed by atoms with E-state index in [1.54, 1.807) is 6.20 Å². The summed E-state index contributed by atoms with van der Waals surface area (Å²) in [7, 11) is 1.27. The molecule has 1 aromatic heterocycles. The molecule has 1 heterocycles. The number of ether oxygens (including phenoxy) is 1. The number of urea groups is 1. The Morgan fingerprint density at radius 1 is 1.59 bits per heavy atom. The van der Waals surface area contributed by atoms with Gasteiger partial charge in [0.25, 0.3) is 0 Å². The third-order valence-corrected chi connectivity index (χ3v) is 2.00. The number of carbonyl (C=O) groups excluding carboxylic acids is 1. The lowest BCUT2D eigenvalue weighted by Crippen LogP contribution is -2.42. The minimum atomic E-state index is -1.12. The van der Waals surface area contributed by atoms with Gasteiger partial charge in [-0.2, -0.15) is 0 Å². The molecule has 0 spiro atoms. The Balaban J connectivity index is 2.23. The minimum absolute atomic E-state index is 0.0966. The Kier molecular flexibility index (Phi) is 4.95. The van der Waals surface area contributed by atoms with Crippen molar-refractivity contribution in [3.63, 3.8) is 0 Å². The van der Waals surface area contributed by atoms with Crippen molar-refractivity contribution in [1.29, 1.82) is 0 Å². The zero-order valence-corrected chi connectivity index (χ0v) is 9.27. The van der Waals surface area contributed by atoms with Crippen LogP contribution in [0.3, 0.4) is 0 Å². The zero-order valence-electron chi connectivity index (χ0n) is 9.27. The number of amides is 2. The van der Waals surface area contributed by atoms with E-state index in [9.17, 15) is 9.59 Å². The average Bonchev–Trinajstić information content (AvgIpc) is 2.79. The Hall–Kier alpha value is -2.09. The van der Waals surface area contributed by atoms with Crippen LogP contribution in [-0.2, 0) is 16.1 Å². The molecule has 1 rings (SSSR count). The third-order valence-electron chi connectivity index (χ3n) is 2.00. The van der Waals surface area contributed by atoms with Crippen LogP contribution in [0.5, 0.6) is 0 Å². The van der Waals surface area contributed by atoms with Gasteiger partial charge >= 0.3 is 12.0 Å². The van der Waals surface area contributed by atoms with E-state index in [1.165, 1.54) is 13.4 Å². The van der Waals surface area contributed by atoms with Crippen LogP contribution in [0.25, 0.3) is 0 Å². The van der Waals surface area contributed by atoms with Crippen molar-refractivity contribution >= 4 is 12.0 Å². The Morgan fingerprint density at radius 3 is 2.88 bits per heavy atom. The fourth-order valence-corrected chi connectivity index (χ4v) is 1.08. The zero-order chi connectivity index (χ0) is 12.7. The normalized spacial score (nSPS) is 11.8. The van der Waals surface area contributed by atoms with Crippen LogP contribution in [0.15, 0.2) is 12.5 Å². The third kappa shape index (κ3) is 4.51. The quantitative estimate of drug-likeness (QED) is 0.526. The number of nitrogens with zero attached hydrogens (tertiary/aromatic N) is 1. The summed E-state index contributed by atoms with van der Waals surface area (Å²) in [5.74, 6) is -1.12. The molecule has 1 unspecified atom stereocenters. The molecule has 0 fully saturated rings. The summed E-state index contributed by atoms with van der Waals surface area (Å²) in [5, 5.41) is 13.6. The molecular weight excluding hydrogens is 228 g/mol. The number of nitrogens with one attached hydrogen (secondary N) is 3. The van der Waals surface area contributed by atoms with Crippen molar-refractivity contribution in [1.82, 2.24) is 20.6 Å². The first kappa shape index (κ1) is 13.0. The molecule has 0 saturated heterocycles. The van der Waals surface area contributed by atoms with Gasteiger partial charge < -0.3 is 25.5 Å². The van der Waals surface area contributed by atoms with Gasteiger partial charge in [0.2, 0.25) is 0 Å². The molecular formula is C9H14N4O4. The van der Waals surface area contributed by atoms with Gasteiger partial charge in [-0.15, -0.1) is 0 Å². The highest BCUT2D eigenvalue weighted by Gasteiger charge is 2.16. The molecule has 0 saturated carbocycles. The lowest BCUT2D eigenvalue weighted by Gasteiger charge is -2.11. The summed E-state index contributed by atoms with van der Waals surface area (Å²) in [6.07, 6.45) is 2.03. The summed E-state index contributed by atoms with van der Waals surface area (Å²) in [5.41, 5.74) is 0.752. The molecule has 0 aliphatic rings. The van der Waals surface area contributed by atoms with Crippen molar-refractivity contribution in [3.05, 3.63) is 18.2 Å². The Bertz CT molecular complexity index is 365. The summed E-state index contributed by atoms with van der Waals surface area (Å²) in [6.45, 7) is 0.192. The number of hydrogen-bond donors (Lipinski definition) is 4. The van der Waals surface area contributed by atoms with Gasteiger partial charge in [0.1, 0.15) is 0 Å². The first-order valence-corrected chi connectivity index (χ1v) is 4.88. The second-order valence-corrected chi connectivity index (χ2v) is 3.20. The lowest BCUT2D eigenvalue weighted by atomic mass is 10.3. The van der Waals surface area contributed by atoms with Crippen LogP contribution in [0.4, 0.5) is 4.79 Å². The molecule has 0 radical (unpaired) electrons. The first-order valence-electron chi connectivity index (χ1n) is 4.88. The van der Waals surface area contributed by atoms with Crippen LogP contribution in [-0.4, -0.2) is 46.8 Å². The van der Waals surface area contributed by atoms with Crippen molar-refractivity contribution in [3.8, 4) is 0 Å². The number of rotatable bonds is 6. The van der Waals surface area contributed by atoms with Crippen LogP contribution in [0, 0.1) is 0 Å². The van der Waals surface area contributed by atoms with Crippen molar-refractivity contribution in [2.24, 2.45) is 0 Å². The molecule has 17 heavy (non-hydrogen) atoms. The number of aromatic amines is 1. The minimum Gasteiger partial charge on any atom is -0.479 e. The lowest BCUT2D eigenvalue weighted by molar-refractivity contribution is -0.147. The molecule has 0 aliphatic heterocycles. The Labute approximate surface area is 97.4 Å². The number of carboxylic acids is 1. The fraction of sp³-hybridized carbons (Fsp3) is 0.444. The summed E-state index contributed by atoms with van der Waals surface area (Å²) in [6, 6.07) is -0.470. The van der Waals surface area contributed by atoms with Gasteiger partial charge in [-0.25, -0.2) is 14.6 Å². The molecule has 0 aliphatic carbocycles. The van der Waals surface area contributed by atoms with E-state index in [2.05, 4.69) is 25.3 Å². The maximum Gasteiger partial charge on any atom is 0.334 e. The number of imidazole rings is 1. The van der Waals surface area contributed by atoms with Gasteiger partial charge in [0, 0.05) is 13.3 Å². The SMILES string of the molecule is COC(CNC(=O)NCc1cnc[nH]1)C(=O)O. The van der Waals surface area contributed by atoms with Crippen LogP contribution >= 0.6 is 0 Å². The highest BCUT2D eigenvalue weighted by atomic mass is 16.5. The van der Waals surface area contributed by atoms with Gasteiger partial charge in [0.05, 0.1) is 25.1 Å². The number of H-pyrrole nitrogens is 1. The van der Waals surface area contributed by atoms with Gasteiger partial charge in [-0.05, 0) is 0 Å². The largest absolute Gasteiger partial charge is 0.479 e. The molecule has 4 N–H and O–H groups in total. The second kappa shape index (κ2) is 6.48. The molecule has 0 bridgehead atoms. The van der Waals surface area contributed by atoms with Crippen LogP contribution < -0.4 is 10.6 Å². The van der Waals surface area contributed by atoms with E-state index < -0.39 is 18.1 Å². The number of carboxylic acid groups (broad SMARTS) is 1.